The topological polar surface area (TPSA) is 115 Å². The van der Waals surface area contributed by atoms with Crippen LogP contribution < -0.4 is 10.5 Å². The van der Waals surface area contributed by atoms with Crippen molar-refractivity contribution in [1.82, 2.24) is 4.98 Å². The molecule has 0 bridgehead atoms. The number of benzene rings is 1. The third-order valence-electron chi connectivity index (χ3n) is 2.48. The Morgan fingerprint density at radius 2 is 2.00 bits per heavy atom. The lowest BCUT2D eigenvalue weighted by atomic mass is 10.2. The Bertz CT molecular complexity index is 713. The number of hydrogen-bond acceptors (Lipinski definition) is 5. The summed E-state index contributed by atoms with van der Waals surface area (Å²) in [5, 5.41) is 18.1. The average molecular weight is 327 g/mol. The Labute approximate surface area is 128 Å². The van der Waals surface area contributed by atoms with Gasteiger partial charge in [0.25, 0.3) is 5.69 Å². The highest BCUT2D eigenvalue weighted by atomic mass is 35.5. The van der Waals surface area contributed by atoms with Gasteiger partial charge in [0.05, 0.1) is 26.7 Å². The summed E-state index contributed by atoms with van der Waals surface area (Å²) < 4.78 is 5.50. The van der Waals surface area contributed by atoms with E-state index in [0.29, 0.717) is 5.56 Å². The van der Waals surface area contributed by atoms with Gasteiger partial charge in [-0.3, -0.25) is 20.5 Å². The summed E-state index contributed by atoms with van der Waals surface area (Å²) in [7, 11) is 0. The van der Waals surface area contributed by atoms with Crippen LogP contribution in [-0.2, 0) is 0 Å². The molecule has 1 aromatic heterocycles. The number of hydrogen-bond donors (Lipinski definition) is 2. The number of nitrogens with zero attached hydrogens (tertiary/aromatic N) is 2. The van der Waals surface area contributed by atoms with Crippen LogP contribution in [0.25, 0.3) is 0 Å². The van der Waals surface area contributed by atoms with Gasteiger partial charge in [0.15, 0.2) is 11.5 Å². The molecule has 1 heterocycles. The molecule has 7 nitrogen and oxygen atoms in total. The molecule has 0 aliphatic carbocycles. The number of nitro benzene ring substituents is 1. The number of nitrogens with two attached hydrogens (primary N) is 1. The summed E-state index contributed by atoms with van der Waals surface area (Å²) in [5.41, 5.74) is 5.48. The maximum absolute atomic E-state index is 10.7. The Kier molecular flexibility index (Phi) is 4.25. The van der Waals surface area contributed by atoms with E-state index in [1.807, 2.05) is 0 Å². The lowest BCUT2D eigenvalue weighted by Gasteiger charge is -2.12. The first kappa shape index (κ1) is 15.0. The van der Waals surface area contributed by atoms with Crippen molar-refractivity contribution in [3.63, 3.8) is 0 Å². The number of halogens is 2. The van der Waals surface area contributed by atoms with E-state index < -0.39 is 4.92 Å². The Morgan fingerprint density at radius 3 is 2.52 bits per heavy atom. The van der Waals surface area contributed by atoms with E-state index in [2.05, 4.69) is 4.98 Å². The molecule has 0 aliphatic rings. The Morgan fingerprint density at radius 1 is 1.38 bits per heavy atom. The summed E-state index contributed by atoms with van der Waals surface area (Å²) in [4.78, 5) is 14.0. The van der Waals surface area contributed by atoms with Crippen LogP contribution in [0.1, 0.15) is 5.56 Å². The van der Waals surface area contributed by atoms with Crippen LogP contribution in [0.2, 0.25) is 10.0 Å². The van der Waals surface area contributed by atoms with Crippen molar-refractivity contribution in [2.24, 2.45) is 5.73 Å². The van der Waals surface area contributed by atoms with Gasteiger partial charge < -0.3 is 10.5 Å². The van der Waals surface area contributed by atoms with Crippen molar-refractivity contribution in [3.8, 4) is 11.5 Å². The molecule has 2 aromatic rings. The quantitative estimate of drug-likeness (QED) is 0.386. The van der Waals surface area contributed by atoms with E-state index in [4.69, 9.17) is 39.1 Å². The SMILES string of the molecule is N=C(N)c1ccncc1Oc1c(Cl)cc([N+](=O)[O-])cc1Cl. The van der Waals surface area contributed by atoms with Gasteiger partial charge in [0, 0.05) is 18.3 Å². The van der Waals surface area contributed by atoms with Gasteiger partial charge in [0.2, 0.25) is 0 Å². The lowest BCUT2D eigenvalue weighted by molar-refractivity contribution is -0.384. The van der Waals surface area contributed by atoms with Crippen molar-refractivity contribution >= 4 is 34.7 Å². The Balaban J connectivity index is 2.46. The molecule has 108 valence electrons. The van der Waals surface area contributed by atoms with Crippen LogP contribution in [0, 0.1) is 15.5 Å². The molecule has 3 N–H and O–H groups in total. The molecule has 0 spiro atoms. The molecule has 21 heavy (non-hydrogen) atoms. The summed E-state index contributed by atoms with van der Waals surface area (Å²) >= 11 is 11.9. The minimum atomic E-state index is -0.618. The highest BCUT2D eigenvalue weighted by molar-refractivity contribution is 6.37. The van der Waals surface area contributed by atoms with Crippen molar-refractivity contribution in [2.75, 3.05) is 0 Å². The number of aromatic nitrogens is 1. The summed E-state index contributed by atoms with van der Waals surface area (Å²) in [6, 6.07) is 3.73. The summed E-state index contributed by atoms with van der Waals surface area (Å²) in [6.45, 7) is 0. The maximum Gasteiger partial charge on any atom is 0.272 e. The van der Waals surface area contributed by atoms with Gasteiger partial charge >= 0.3 is 0 Å². The predicted octanol–water partition coefficient (Wildman–Crippen LogP) is 3.37. The van der Waals surface area contributed by atoms with Crippen LogP contribution >= 0.6 is 23.2 Å². The van der Waals surface area contributed by atoms with E-state index >= 15 is 0 Å². The van der Waals surface area contributed by atoms with Crippen LogP contribution in [-0.4, -0.2) is 15.7 Å². The number of amidine groups is 1. The molecule has 0 fully saturated rings. The van der Waals surface area contributed by atoms with Gasteiger partial charge in [-0.2, -0.15) is 0 Å². The number of ether oxygens (including phenoxy) is 1. The smallest absolute Gasteiger partial charge is 0.272 e. The number of rotatable bonds is 4. The van der Waals surface area contributed by atoms with Crippen LogP contribution in [0.5, 0.6) is 11.5 Å². The number of pyridine rings is 1. The van der Waals surface area contributed by atoms with E-state index in [0.717, 1.165) is 12.1 Å². The zero-order chi connectivity index (χ0) is 15.6. The van der Waals surface area contributed by atoms with Crippen molar-refractivity contribution in [3.05, 3.63) is 56.3 Å². The average Bonchev–Trinajstić information content (AvgIpc) is 2.42. The lowest BCUT2D eigenvalue weighted by Crippen LogP contribution is -2.12. The molecule has 0 radical (unpaired) electrons. The van der Waals surface area contributed by atoms with E-state index in [-0.39, 0.29) is 33.1 Å². The van der Waals surface area contributed by atoms with E-state index in [9.17, 15) is 10.1 Å². The van der Waals surface area contributed by atoms with Crippen LogP contribution in [0.4, 0.5) is 5.69 Å². The molecule has 9 heteroatoms. The molecular formula is C12H8Cl2N4O3. The third kappa shape index (κ3) is 3.21. The van der Waals surface area contributed by atoms with Gasteiger partial charge in [0.1, 0.15) is 5.84 Å². The van der Waals surface area contributed by atoms with Gasteiger partial charge in [-0.05, 0) is 6.07 Å². The second kappa shape index (κ2) is 5.94. The molecule has 0 atom stereocenters. The minimum Gasteiger partial charge on any atom is -0.452 e. The predicted molar refractivity (Wildman–Crippen MR) is 78.4 cm³/mol. The normalized spacial score (nSPS) is 10.2. The summed E-state index contributed by atoms with van der Waals surface area (Å²) in [6.07, 6.45) is 2.79. The second-order valence-corrected chi connectivity index (χ2v) is 4.70. The fourth-order valence-electron chi connectivity index (χ4n) is 1.54. The second-order valence-electron chi connectivity index (χ2n) is 3.88. The summed E-state index contributed by atoms with van der Waals surface area (Å²) in [5.74, 6) is -0.0244. The number of nitrogen functional groups attached to an aromatic ring is 1. The van der Waals surface area contributed by atoms with E-state index in [1.165, 1.54) is 18.5 Å². The fraction of sp³-hybridized carbons (Fsp3) is 0. The first-order valence-corrected chi connectivity index (χ1v) is 6.25. The van der Waals surface area contributed by atoms with Gasteiger partial charge in [-0.1, -0.05) is 23.2 Å². The molecule has 0 unspecified atom stereocenters. The highest BCUT2D eigenvalue weighted by Gasteiger charge is 2.18. The van der Waals surface area contributed by atoms with Gasteiger partial charge in [-0.25, -0.2) is 0 Å². The van der Waals surface area contributed by atoms with Crippen LogP contribution in [0.15, 0.2) is 30.6 Å². The van der Waals surface area contributed by atoms with Gasteiger partial charge in [-0.15, -0.1) is 0 Å². The molecule has 0 saturated heterocycles. The minimum absolute atomic E-state index is 0.0273. The molecule has 0 aliphatic heterocycles. The zero-order valence-electron chi connectivity index (χ0n) is 10.3. The first-order valence-electron chi connectivity index (χ1n) is 5.50. The highest BCUT2D eigenvalue weighted by Crippen LogP contribution is 2.39. The standard InChI is InChI=1S/C12H8Cl2N4O3/c13-8-3-6(18(19)20)4-9(14)11(8)21-10-5-17-2-1-7(10)12(15)16/h1-5H,(H3,15,16). The monoisotopic (exact) mass is 326 g/mol. The molecule has 2 rings (SSSR count). The fourth-order valence-corrected chi connectivity index (χ4v) is 2.10. The first-order chi connectivity index (χ1) is 9.90. The maximum atomic E-state index is 10.7. The molecule has 0 saturated carbocycles. The van der Waals surface area contributed by atoms with Crippen molar-refractivity contribution in [2.45, 2.75) is 0 Å². The largest absolute Gasteiger partial charge is 0.452 e. The molecule has 1 aromatic carbocycles. The molecule has 0 amide bonds. The zero-order valence-corrected chi connectivity index (χ0v) is 11.9. The number of nitro groups is 1. The van der Waals surface area contributed by atoms with Crippen molar-refractivity contribution < 1.29 is 9.66 Å². The number of nitrogens with one attached hydrogen (secondary N) is 1. The molecular weight excluding hydrogens is 319 g/mol. The van der Waals surface area contributed by atoms with Crippen molar-refractivity contribution in [1.29, 1.82) is 5.41 Å². The van der Waals surface area contributed by atoms with E-state index in [1.54, 1.807) is 0 Å². The number of non-ortho nitro benzene ring substituents is 1. The Hall–Kier alpha value is -2.38. The van der Waals surface area contributed by atoms with Crippen LogP contribution in [0.3, 0.4) is 0 Å². The third-order valence-corrected chi connectivity index (χ3v) is 3.04.